The highest BCUT2D eigenvalue weighted by molar-refractivity contribution is 7.95. The fourth-order valence-electron chi connectivity index (χ4n) is 2.82. The number of fused-ring (bicyclic) bond motifs is 1. The second-order valence-corrected chi connectivity index (χ2v) is 7.18. The van der Waals surface area contributed by atoms with E-state index in [9.17, 15) is 8.42 Å². The molecule has 0 atom stereocenters. The number of nitrogens with zero attached hydrogens (tertiary/aromatic N) is 2. The molecule has 122 valence electrons. The molecule has 0 saturated carbocycles. The highest BCUT2D eigenvalue weighted by Gasteiger charge is 2.40. The molecule has 0 bridgehead atoms. The molecule has 6 heteroatoms. The Hall–Kier alpha value is -2.05. The average Bonchev–Trinajstić information content (AvgIpc) is 2.79. The zero-order valence-electron chi connectivity index (χ0n) is 13.1. The standard InChI is InChI=1S/C17H21N3O2S/c1-18-13-7-8-14-19-16-11-5-6-12-17(16)20(23(19,21)22)15-9-3-2-4-10-15/h2-6,9-12,18H,7-8,13-14H2,1H3. The molecule has 23 heavy (non-hydrogen) atoms. The first-order valence-corrected chi connectivity index (χ1v) is 9.17. The van der Waals surface area contributed by atoms with E-state index in [1.54, 1.807) is 0 Å². The molecule has 2 aromatic carbocycles. The molecule has 0 saturated heterocycles. The zero-order valence-corrected chi connectivity index (χ0v) is 14.0. The first-order valence-electron chi connectivity index (χ1n) is 7.78. The SMILES string of the molecule is CNCCCCN1c2ccccc2N(c2ccccc2)S1(=O)=O. The molecule has 0 spiro atoms. The van der Waals surface area contributed by atoms with E-state index in [4.69, 9.17) is 0 Å². The van der Waals surface area contributed by atoms with Crippen molar-refractivity contribution >= 4 is 27.3 Å². The van der Waals surface area contributed by atoms with Crippen molar-refractivity contribution in [2.24, 2.45) is 0 Å². The molecule has 1 heterocycles. The van der Waals surface area contributed by atoms with Gasteiger partial charge in [0, 0.05) is 6.54 Å². The summed E-state index contributed by atoms with van der Waals surface area (Å²) in [6.45, 7) is 1.38. The predicted octanol–water partition coefficient (Wildman–Crippen LogP) is 2.89. The molecule has 0 radical (unpaired) electrons. The summed E-state index contributed by atoms with van der Waals surface area (Å²) in [5.74, 6) is 0. The Balaban J connectivity index is 1.97. The fourth-order valence-corrected chi connectivity index (χ4v) is 4.57. The van der Waals surface area contributed by atoms with Crippen LogP contribution in [0.3, 0.4) is 0 Å². The lowest BCUT2D eigenvalue weighted by atomic mass is 10.2. The summed E-state index contributed by atoms with van der Waals surface area (Å²) in [6.07, 6.45) is 1.76. The Morgan fingerprint density at radius 3 is 2.26 bits per heavy atom. The van der Waals surface area contributed by atoms with Crippen LogP contribution in [-0.4, -0.2) is 28.6 Å². The van der Waals surface area contributed by atoms with Gasteiger partial charge in [0.15, 0.2) is 0 Å². The lowest BCUT2D eigenvalue weighted by Crippen LogP contribution is -2.36. The lowest BCUT2D eigenvalue weighted by molar-refractivity contribution is 0.590. The largest absolute Gasteiger partial charge is 0.330 e. The molecular formula is C17H21N3O2S. The number of unbranched alkanes of at least 4 members (excludes halogenated alkanes) is 1. The van der Waals surface area contributed by atoms with E-state index < -0.39 is 10.2 Å². The summed E-state index contributed by atoms with van der Waals surface area (Å²) in [5.41, 5.74) is 2.13. The van der Waals surface area contributed by atoms with Gasteiger partial charge in [0.2, 0.25) is 0 Å². The van der Waals surface area contributed by atoms with Gasteiger partial charge in [0.05, 0.1) is 17.1 Å². The topological polar surface area (TPSA) is 52.6 Å². The maximum atomic E-state index is 13.1. The molecular weight excluding hydrogens is 310 g/mol. The van der Waals surface area contributed by atoms with Gasteiger partial charge in [-0.3, -0.25) is 4.31 Å². The third kappa shape index (κ3) is 2.92. The number of rotatable bonds is 6. The van der Waals surface area contributed by atoms with Gasteiger partial charge in [-0.25, -0.2) is 4.31 Å². The van der Waals surface area contributed by atoms with E-state index in [0.717, 1.165) is 25.1 Å². The fraction of sp³-hybridized carbons (Fsp3) is 0.294. The summed E-state index contributed by atoms with van der Waals surface area (Å²) >= 11 is 0. The van der Waals surface area contributed by atoms with Gasteiger partial charge in [-0.1, -0.05) is 30.3 Å². The highest BCUT2D eigenvalue weighted by atomic mass is 32.2. The summed E-state index contributed by atoms with van der Waals surface area (Å²) in [5, 5.41) is 3.09. The monoisotopic (exact) mass is 331 g/mol. The Kier molecular flexibility index (Phi) is 4.54. The molecule has 0 aromatic heterocycles. The van der Waals surface area contributed by atoms with Crippen molar-refractivity contribution in [3.8, 4) is 0 Å². The van der Waals surface area contributed by atoms with Crippen LogP contribution < -0.4 is 13.9 Å². The maximum Gasteiger partial charge on any atom is 0.330 e. The Labute approximate surface area is 137 Å². The number of anilines is 3. The maximum absolute atomic E-state index is 13.1. The number of hydrogen-bond acceptors (Lipinski definition) is 3. The Morgan fingerprint density at radius 1 is 0.913 bits per heavy atom. The molecule has 0 unspecified atom stereocenters. The third-order valence-electron chi connectivity index (χ3n) is 3.91. The molecule has 1 aliphatic heterocycles. The van der Waals surface area contributed by atoms with Crippen LogP contribution in [0.15, 0.2) is 54.6 Å². The quantitative estimate of drug-likeness (QED) is 0.828. The Bertz CT molecular complexity index is 762. The van der Waals surface area contributed by atoms with E-state index in [-0.39, 0.29) is 0 Å². The second-order valence-electron chi connectivity index (χ2n) is 5.48. The molecule has 5 nitrogen and oxygen atoms in total. The third-order valence-corrected chi connectivity index (χ3v) is 5.71. The summed E-state index contributed by atoms with van der Waals surface area (Å²) < 4.78 is 29.1. The van der Waals surface area contributed by atoms with Crippen molar-refractivity contribution in [3.63, 3.8) is 0 Å². The van der Waals surface area contributed by atoms with Crippen LogP contribution in [0.25, 0.3) is 0 Å². The minimum Gasteiger partial charge on any atom is -0.320 e. The average molecular weight is 331 g/mol. The minimum atomic E-state index is -3.58. The second kappa shape index (κ2) is 6.60. The van der Waals surface area contributed by atoms with Crippen molar-refractivity contribution in [3.05, 3.63) is 54.6 Å². The van der Waals surface area contributed by atoms with Crippen molar-refractivity contribution in [2.75, 3.05) is 28.7 Å². The summed E-state index contributed by atoms with van der Waals surface area (Å²) in [4.78, 5) is 0. The lowest BCUT2D eigenvalue weighted by Gasteiger charge is -2.21. The van der Waals surface area contributed by atoms with Crippen molar-refractivity contribution in [2.45, 2.75) is 12.8 Å². The summed E-state index contributed by atoms with van der Waals surface area (Å²) in [6, 6.07) is 16.7. The van der Waals surface area contributed by atoms with Crippen LogP contribution in [0, 0.1) is 0 Å². The molecule has 0 aliphatic carbocycles. The zero-order chi connectivity index (χ0) is 16.3. The van der Waals surface area contributed by atoms with Gasteiger partial charge in [0.25, 0.3) is 0 Å². The number of hydrogen-bond donors (Lipinski definition) is 1. The number of nitrogens with one attached hydrogen (secondary N) is 1. The van der Waals surface area contributed by atoms with E-state index in [0.29, 0.717) is 17.9 Å². The van der Waals surface area contributed by atoms with Gasteiger partial charge in [-0.05, 0) is 50.7 Å². The highest BCUT2D eigenvalue weighted by Crippen LogP contribution is 2.44. The van der Waals surface area contributed by atoms with Gasteiger partial charge in [-0.15, -0.1) is 0 Å². The van der Waals surface area contributed by atoms with Crippen LogP contribution in [0.2, 0.25) is 0 Å². The molecule has 0 fully saturated rings. The van der Waals surface area contributed by atoms with Crippen LogP contribution in [0.4, 0.5) is 17.1 Å². The smallest absolute Gasteiger partial charge is 0.320 e. The van der Waals surface area contributed by atoms with Crippen LogP contribution in [0.1, 0.15) is 12.8 Å². The van der Waals surface area contributed by atoms with E-state index >= 15 is 0 Å². The number of para-hydroxylation sites is 3. The number of benzene rings is 2. The molecule has 2 aromatic rings. The van der Waals surface area contributed by atoms with E-state index in [1.807, 2.05) is 61.6 Å². The van der Waals surface area contributed by atoms with Crippen molar-refractivity contribution in [1.29, 1.82) is 0 Å². The van der Waals surface area contributed by atoms with Crippen molar-refractivity contribution < 1.29 is 8.42 Å². The van der Waals surface area contributed by atoms with Crippen LogP contribution >= 0.6 is 0 Å². The van der Waals surface area contributed by atoms with Gasteiger partial charge >= 0.3 is 10.2 Å². The Morgan fingerprint density at radius 2 is 1.57 bits per heavy atom. The van der Waals surface area contributed by atoms with Crippen LogP contribution in [-0.2, 0) is 10.2 Å². The normalized spacial score (nSPS) is 15.7. The first-order chi connectivity index (χ1) is 11.2. The molecule has 3 rings (SSSR count). The minimum absolute atomic E-state index is 0.490. The predicted molar refractivity (Wildman–Crippen MR) is 94.4 cm³/mol. The van der Waals surface area contributed by atoms with Gasteiger partial charge in [-0.2, -0.15) is 8.42 Å². The molecule has 0 amide bonds. The van der Waals surface area contributed by atoms with Crippen molar-refractivity contribution in [1.82, 2.24) is 5.32 Å². The molecule has 1 aliphatic rings. The summed E-state index contributed by atoms with van der Waals surface area (Å²) in [7, 11) is -1.68. The van der Waals surface area contributed by atoms with Gasteiger partial charge in [0.1, 0.15) is 0 Å². The van der Waals surface area contributed by atoms with E-state index in [2.05, 4.69) is 5.32 Å². The first kappa shape index (κ1) is 15.8. The van der Waals surface area contributed by atoms with Crippen LogP contribution in [0.5, 0.6) is 0 Å². The van der Waals surface area contributed by atoms with Gasteiger partial charge < -0.3 is 5.32 Å². The van der Waals surface area contributed by atoms with E-state index in [1.165, 1.54) is 8.61 Å². The molecule has 1 N–H and O–H groups in total.